The molecule has 1 atom stereocenters. The predicted molar refractivity (Wildman–Crippen MR) is 107 cm³/mol. The largest absolute Gasteiger partial charge is 0.493 e. The molecule has 0 aliphatic carbocycles. The van der Waals surface area contributed by atoms with E-state index in [1.54, 1.807) is 38.4 Å². The van der Waals surface area contributed by atoms with Gasteiger partial charge in [0.15, 0.2) is 11.5 Å². The van der Waals surface area contributed by atoms with E-state index < -0.39 is 5.92 Å². The zero-order chi connectivity index (χ0) is 20.3. The number of carbonyl (C=O) groups excluding carboxylic acids is 2. The molecule has 146 valence electrons. The number of benzene rings is 2. The molecule has 7 heteroatoms. The minimum Gasteiger partial charge on any atom is -0.493 e. The standard InChI is InChI=1S/C21H23N3O4/c1-13-15-10-18(27-3)19(28-4)11-16(15)17(21(26)24(2)23-13)12-20(25)22-14-8-6-5-7-9-14/h5-11,17H,12H2,1-4H3,(H,22,25). The number of hydrazone groups is 1. The molecule has 2 aromatic rings. The van der Waals surface area contributed by atoms with Crippen LogP contribution in [0.5, 0.6) is 11.5 Å². The van der Waals surface area contributed by atoms with Gasteiger partial charge in [-0.2, -0.15) is 5.10 Å². The Bertz CT molecular complexity index is 925. The van der Waals surface area contributed by atoms with Gasteiger partial charge in [0.2, 0.25) is 11.8 Å². The number of nitrogens with one attached hydrogen (secondary N) is 1. The molecule has 0 fully saturated rings. The zero-order valence-corrected chi connectivity index (χ0v) is 16.4. The number of nitrogens with zero attached hydrogens (tertiary/aromatic N) is 2. The summed E-state index contributed by atoms with van der Waals surface area (Å²) in [5.74, 6) is -0.156. The van der Waals surface area contributed by atoms with Crippen LogP contribution in [0.1, 0.15) is 30.4 Å². The first-order valence-corrected chi connectivity index (χ1v) is 8.88. The summed E-state index contributed by atoms with van der Waals surface area (Å²) >= 11 is 0. The van der Waals surface area contributed by atoms with Crippen molar-refractivity contribution in [3.05, 3.63) is 53.6 Å². The highest BCUT2D eigenvalue weighted by molar-refractivity contribution is 6.05. The average molecular weight is 381 g/mol. The quantitative estimate of drug-likeness (QED) is 0.863. The van der Waals surface area contributed by atoms with Crippen molar-refractivity contribution in [1.29, 1.82) is 0 Å². The molecular weight excluding hydrogens is 358 g/mol. The molecule has 0 spiro atoms. The van der Waals surface area contributed by atoms with E-state index in [1.165, 1.54) is 12.1 Å². The van der Waals surface area contributed by atoms with Gasteiger partial charge >= 0.3 is 0 Å². The van der Waals surface area contributed by atoms with Crippen molar-refractivity contribution in [3.8, 4) is 11.5 Å². The molecule has 2 amide bonds. The molecule has 0 saturated carbocycles. The molecule has 1 aliphatic rings. The van der Waals surface area contributed by atoms with E-state index in [0.29, 0.717) is 28.5 Å². The van der Waals surface area contributed by atoms with Crippen molar-refractivity contribution in [2.45, 2.75) is 19.3 Å². The molecular formula is C21H23N3O4. The number of methoxy groups -OCH3 is 2. The third kappa shape index (κ3) is 3.83. The summed E-state index contributed by atoms with van der Waals surface area (Å²) < 4.78 is 10.8. The Balaban J connectivity index is 1.99. The first kappa shape index (κ1) is 19.4. The van der Waals surface area contributed by atoms with Crippen LogP contribution in [0.15, 0.2) is 47.6 Å². The van der Waals surface area contributed by atoms with Gasteiger partial charge in [0.1, 0.15) is 0 Å². The number of ether oxygens (including phenoxy) is 2. The summed E-state index contributed by atoms with van der Waals surface area (Å²) in [6.45, 7) is 1.82. The van der Waals surface area contributed by atoms with E-state index in [-0.39, 0.29) is 18.2 Å². The first-order valence-electron chi connectivity index (χ1n) is 8.88. The average Bonchev–Trinajstić information content (AvgIpc) is 2.78. The number of amides is 2. The van der Waals surface area contributed by atoms with E-state index >= 15 is 0 Å². The summed E-state index contributed by atoms with van der Waals surface area (Å²) in [6, 6.07) is 12.7. The summed E-state index contributed by atoms with van der Waals surface area (Å²) in [5.41, 5.74) is 2.80. The van der Waals surface area contributed by atoms with Gasteiger partial charge in [-0.25, -0.2) is 5.01 Å². The first-order chi connectivity index (χ1) is 13.4. The Morgan fingerprint density at radius 1 is 1.14 bits per heavy atom. The van der Waals surface area contributed by atoms with E-state index in [1.807, 2.05) is 25.1 Å². The highest BCUT2D eigenvalue weighted by Crippen LogP contribution is 2.37. The Kier molecular flexibility index (Phi) is 5.63. The van der Waals surface area contributed by atoms with Crippen LogP contribution in [-0.4, -0.2) is 43.8 Å². The van der Waals surface area contributed by atoms with Crippen molar-refractivity contribution < 1.29 is 19.1 Å². The second kappa shape index (κ2) is 8.12. The summed E-state index contributed by atoms with van der Waals surface area (Å²) in [6.07, 6.45) is -0.0106. The molecule has 7 nitrogen and oxygen atoms in total. The number of para-hydroxylation sites is 1. The van der Waals surface area contributed by atoms with Gasteiger partial charge in [0.05, 0.1) is 25.8 Å². The number of hydrogen-bond donors (Lipinski definition) is 1. The van der Waals surface area contributed by atoms with Gasteiger partial charge in [-0.3, -0.25) is 9.59 Å². The van der Waals surface area contributed by atoms with Crippen molar-refractivity contribution in [1.82, 2.24) is 5.01 Å². The summed E-state index contributed by atoms with van der Waals surface area (Å²) in [5, 5.41) is 8.47. The SMILES string of the molecule is COc1cc2c(cc1OC)C(CC(=O)Nc1ccccc1)C(=O)N(C)N=C2C. The highest BCUT2D eigenvalue weighted by atomic mass is 16.5. The Morgan fingerprint density at radius 2 is 1.79 bits per heavy atom. The van der Waals surface area contributed by atoms with Gasteiger partial charge in [-0.15, -0.1) is 0 Å². The maximum atomic E-state index is 13.0. The normalized spacial score (nSPS) is 16.0. The van der Waals surface area contributed by atoms with Gasteiger partial charge in [-0.1, -0.05) is 18.2 Å². The van der Waals surface area contributed by atoms with Crippen LogP contribution in [0.2, 0.25) is 0 Å². The van der Waals surface area contributed by atoms with Crippen LogP contribution < -0.4 is 14.8 Å². The molecule has 0 saturated heterocycles. The second-order valence-electron chi connectivity index (χ2n) is 6.51. The molecule has 3 rings (SSSR count). The third-order valence-electron chi connectivity index (χ3n) is 4.69. The summed E-state index contributed by atoms with van der Waals surface area (Å²) in [4.78, 5) is 25.6. The van der Waals surface area contributed by atoms with Crippen molar-refractivity contribution in [2.75, 3.05) is 26.6 Å². The number of rotatable bonds is 5. The minimum absolute atomic E-state index is 0.0106. The number of carbonyl (C=O) groups is 2. The second-order valence-corrected chi connectivity index (χ2v) is 6.51. The lowest BCUT2D eigenvalue weighted by molar-refractivity contribution is -0.133. The smallest absolute Gasteiger partial charge is 0.250 e. The van der Waals surface area contributed by atoms with E-state index in [9.17, 15) is 9.59 Å². The van der Waals surface area contributed by atoms with Crippen molar-refractivity contribution in [2.24, 2.45) is 5.10 Å². The van der Waals surface area contributed by atoms with Crippen LogP contribution in [0.4, 0.5) is 5.69 Å². The number of anilines is 1. The maximum Gasteiger partial charge on any atom is 0.250 e. The monoisotopic (exact) mass is 381 g/mol. The lowest BCUT2D eigenvalue weighted by atomic mass is 9.88. The third-order valence-corrected chi connectivity index (χ3v) is 4.69. The fraction of sp³-hybridized carbons (Fsp3) is 0.286. The molecule has 1 aliphatic heterocycles. The lowest BCUT2D eigenvalue weighted by Crippen LogP contribution is -2.29. The van der Waals surface area contributed by atoms with Gasteiger partial charge in [0, 0.05) is 24.7 Å². The van der Waals surface area contributed by atoms with Crippen molar-refractivity contribution in [3.63, 3.8) is 0 Å². The van der Waals surface area contributed by atoms with E-state index in [4.69, 9.17) is 9.47 Å². The number of hydrogen-bond acceptors (Lipinski definition) is 5. The molecule has 1 unspecified atom stereocenters. The predicted octanol–water partition coefficient (Wildman–Crippen LogP) is 3.01. The maximum absolute atomic E-state index is 13.0. The number of fused-ring (bicyclic) bond motifs is 1. The molecule has 0 radical (unpaired) electrons. The van der Waals surface area contributed by atoms with Crippen LogP contribution in [0, 0.1) is 0 Å². The van der Waals surface area contributed by atoms with E-state index in [2.05, 4.69) is 10.4 Å². The van der Waals surface area contributed by atoms with Crippen LogP contribution >= 0.6 is 0 Å². The Hall–Kier alpha value is -3.35. The minimum atomic E-state index is -0.690. The Morgan fingerprint density at radius 3 is 2.43 bits per heavy atom. The fourth-order valence-corrected chi connectivity index (χ4v) is 3.30. The van der Waals surface area contributed by atoms with Gasteiger partial charge < -0.3 is 14.8 Å². The molecule has 0 bridgehead atoms. The zero-order valence-electron chi connectivity index (χ0n) is 16.4. The topological polar surface area (TPSA) is 80.2 Å². The fourth-order valence-electron chi connectivity index (χ4n) is 3.30. The van der Waals surface area contributed by atoms with Crippen LogP contribution in [0.3, 0.4) is 0 Å². The molecule has 2 aromatic carbocycles. The van der Waals surface area contributed by atoms with Gasteiger partial charge in [-0.05, 0) is 36.8 Å². The van der Waals surface area contributed by atoms with E-state index in [0.717, 1.165) is 5.56 Å². The molecule has 1 heterocycles. The van der Waals surface area contributed by atoms with Crippen molar-refractivity contribution >= 4 is 23.2 Å². The molecule has 1 N–H and O–H groups in total. The molecule has 28 heavy (non-hydrogen) atoms. The number of likely N-dealkylation sites (N-methyl/N-ethyl adjacent to an activating group) is 1. The van der Waals surface area contributed by atoms with Gasteiger partial charge in [0.25, 0.3) is 0 Å². The highest BCUT2D eigenvalue weighted by Gasteiger charge is 2.33. The summed E-state index contributed by atoms with van der Waals surface area (Å²) in [7, 11) is 4.68. The van der Waals surface area contributed by atoms with Crippen LogP contribution in [0.25, 0.3) is 0 Å². The Labute approximate surface area is 163 Å². The molecule has 0 aromatic heterocycles. The van der Waals surface area contributed by atoms with Crippen LogP contribution in [-0.2, 0) is 9.59 Å². The lowest BCUT2D eigenvalue weighted by Gasteiger charge is -2.20.